The number of furan rings is 1. The standard InChI is InChI=1S/C15H15N3O2/c1-19-12-6-4-11(5-7-12)10-16-15-9-13(17-18-15)14-3-2-8-20-14/h2-9H,10H2,1H3,(H2,16,17,18). The van der Waals surface area contributed by atoms with Crippen LogP contribution in [0.25, 0.3) is 11.5 Å². The molecule has 0 saturated carbocycles. The third-order valence-electron chi connectivity index (χ3n) is 3.00. The van der Waals surface area contributed by atoms with Crippen molar-refractivity contribution in [3.8, 4) is 17.2 Å². The fraction of sp³-hybridized carbons (Fsp3) is 0.133. The van der Waals surface area contributed by atoms with Crippen LogP contribution in [0.5, 0.6) is 5.75 Å². The number of methoxy groups -OCH3 is 1. The number of aromatic amines is 1. The van der Waals surface area contributed by atoms with E-state index < -0.39 is 0 Å². The van der Waals surface area contributed by atoms with Crippen LogP contribution < -0.4 is 10.1 Å². The summed E-state index contributed by atoms with van der Waals surface area (Å²) in [5, 5.41) is 10.4. The Morgan fingerprint density at radius 1 is 1.25 bits per heavy atom. The fourth-order valence-electron chi connectivity index (χ4n) is 1.91. The van der Waals surface area contributed by atoms with Crippen molar-refractivity contribution in [2.45, 2.75) is 6.54 Å². The van der Waals surface area contributed by atoms with Crippen molar-refractivity contribution in [3.63, 3.8) is 0 Å². The van der Waals surface area contributed by atoms with Crippen LogP contribution in [0.15, 0.2) is 53.1 Å². The van der Waals surface area contributed by atoms with Crippen LogP contribution in [-0.4, -0.2) is 17.3 Å². The summed E-state index contributed by atoms with van der Waals surface area (Å²) in [7, 11) is 1.66. The number of hydrogen-bond donors (Lipinski definition) is 2. The Labute approximate surface area is 116 Å². The first-order valence-corrected chi connectivity index (χ1v) is 6.31. The number of hydrogen-bond acceptors (Lipinski definition) is 4. The lowest BCUT2D eigenvalue weighted by Gasteiger charge is -2.04. The first-order valence-electron chi connectivity index (χ1n) is 6.31. The maximum Gasteiger partial charge on any atom is 0.151 e. The zero-order valence-electron chi connectivity index (χ0n) is 11.1. The summed E-state index contributed by atoms with van der Waals surface area (Å²) in [6, 6.07) is 13.6. The van der Waals surface area contributed by atoms with Gasteiger partial charge in [0.05, 0.1) is 13.4 Å². The molecule has 0 aliphatic carbocycles. The Morgan fingerprint density at radius 3 is 2.80 bits per heavy atom. The van der Waals surface area contributed by atoms with E-state index in [0.717, 1.165) is 28.6 Å². The molecule has 20 heavy (non-hydrogen) atoms. The van der Waals surface area contributed by atoms with Crippen molar-refractivity contribution in [1.82, 2.24) is 10.2 Å². The van der Waals surface area contributed by atoms with E-state index >= 15 is 0 Å². The highest BCUT2D eigenvalue weighted by molar-refractivity contribution is 5.57. The predicted octanol–water partition coefficient (Wildman–Crippen LogP) is 3.29. The Bertz CT molecular complexity index is 657. The van der Waals surface area contributed by atoms with Crippen LogP contribution in [-0.2, 0) is 6.54 Å². The highest BCUT2D eigenvalue weighted by Gasteiger charge is 2.05. The van der Waals surface area contributed by atoms with Crippen molar-refractivity contribution < 1.29 is 9.15 Å². The summed E-state index contributed by atoms with van der Waals surface area (Å²) in [4.78, 5) is 0. The van der Waals surface area contributed by atoms with E-state index in [1.165, 1.54) is 0 Å². The van der Waals surface area contributed by atoms with Crippen LogP contribution >= 0.6 is 0 Å². The molecule has 3 rings (SSSR count). The highest BCUT2D eigenvalue weighted by Crippen LogP contribution is 2.20. The van der Waals surface area contributed by atoms with E-state index in [-0.39, 0.29) is 0 Å². The smallest absolute Gasteiger partial charge is 0.151 e. The lowest BCUT2D eigenvalue weighted by molar-refractivity contribution is 0.414. The average molecular weight is 269 g/mol. The van der Waals surface area contributed by atoms with Gasteiger partial charge in [0.1, 0.15) is 17.3 Å². The molecule has 0 saturated heterocycles. The van der Waals surface area contributed by atoms with Crippen molar-refractivity contribution in [3.05, 3.63) is 54.3 Å². The minimum absolute atomic E-state index is 0.701. The van der Waals surface area contributed by atoms with E-state index in [9.17, 15) is 0 Å². The van der Waals surface area contributed by atoms with E-state index in [1.54, 1.807) is 13.4 Å². The Hall–Kier alpha value is -2.69. The fourth-order valence-corrected chi connectivity index (χ4v) is 1.91. The molecule has 2 aromatic heterocycles. The number of anilines is 1. The Balaban J connectivity index is 1.63. The number of rotatable bonds is 5. The maximum atomic E-state index is 5.31. The molecule has 3 aromatic rings. The zero-order valence-corrected chi connectivity index (χ0v) is 11.1. The van der Waals surface area contributed by atoms with Gasteiger partial charge >= 0.3 is 0 Å². The average Bonchev–Trinajstić information content (AvgIpc) is 3.16. The second-order valence-corrected chi connectivity index (χ2v) is 4.35. The van der Waals surface area contributed by atoms with Crippen LogP contribution in [0, 0.1) is 0 Å². The molecule has 1 aromatic carbocycles. The SMILES string of the molecule is COc1ccc(CNc2cc(-c3ccco3)[nH]n2)cc1. The monoisotopic (exact) mass is 269 g/mol. The normalized spacial score (nSPS) is 10.4. The quantitative estimate of drug-likeness (QED) is 0.746. The molecule has 0 aliphatic rings. The van der Waals surface area contributed by atoms with Gasteiger partial charge in [0.15, 0.2) is 5.76 Å². The van der Waals surface area contributed by atoms with Gasteiger partial charge in [-0.25, -0.2) is 0 Å². The number of ether oxygens (including phenoxy) is 1. The lowest BCUT2D eigenvalue weighted by atomic mass is 10.2. The van der Waals surface area contributed by atoms with Crippen molar-refractivity contribution in [2.24, 2.45) is 0 Å². The highest BCUT2D eigenvalue weighted by atomic mass is 16.5. The van der Waals surface area contributed by atoms with Crippen molar-refractivity contribution in [2.75, 3.05) is 12.4 Å². The molecule has 0 atom stereocenters. The maximum absolute atomic E-state index is 5.31. The van der Waals surface area contributed by atoms with E-state index in [2.05, 4.69) is 15.5 Å². The number of aromatic nitrogens is 2. The van der Waals surface area contributed by atoms with Gasteiger partial charge in [-0.15, -0.1) is 0 Å². The van der Waals surface area contributed by atoms with Crippen LogP contribution in [0.2, 0.25) is 0 Å². The second kappa shape index (κ2) is 5.52. The summed E-state index contributed by atoms with van der Waals surface area (Å²) < 4.78 is 10.4. The largest absolute Gasteiger partial charge is 0.497 e. The summed E-state index contributed by atoms with van der Waals surface area (Å²) in [6.45, 7) is 0.701. The van der Waals surface area contributed by atoms with Crippen LogP contribution in [0.4, 0.5) is 5.82 Å². The summed E-state index contributed by atoms with van der Waals surface area (Å²) in [5.74, 6) is 2.41. The van der Waals surface area contributed by atoms with Gasteiger partial charge in [-0.1, -0.05) is 12.1 Å². The summed E-state index contributed by atoms with van der Waals surface area (Å²) in [6.07, 6.45) is 1.64. The molecule has 5 heteroatoms. The van der Waals surface area contributed by atoms with Gasteiger partial charge in [0, 0.05) is 12.6 Å². The molecule has 0 radical (unpaired) electrons. The predicted molar refractivity (Wildman–Crippen MR) is 76.6 cm³/mol. The van der Waals surface area contributed by atoms with Crippen LogP contribution in [0.3, 0.4) is 0 Å². The van der Waals surface area contributed by atoms with E-state index in [1.807, 2.05) is 42.5 Å². The summed E-state index contributed by atoms with van der Waals surface area (Å²) >= 11 is 0. The third kappa shape index (κ3) is 2.66. The number of H-pyrrole nitrogens is 1. The minimum Gasteiger partial charge on any atom is -0.497 e. The first-order chi connectivity index (χ1) is 9.85. The minimum atomic E-state index is 0.701. The van der Waals surface area contributed by atoms with Gasteiger partial charge < -0.3 is 14.5 Å². The third-order valence-corrected chi connectivity index (χ3v) is 3.00. The molecule has 0 bridgehead atoms. The molecular weight excluding hydrogens is 254 g/mol. The van der Waals surface area contributed by atoms with Gasteiger partial charge in [-0.3, -0.25) is 5.10 Å². The molecule has 0 amide bonds. The zero-order chi connectivity index (χ0) is 13.8. The number of benzene rings is 1. The Morgan fingerprint density at radius 2 is 2.10 bits per heavy atom. The van der Waals surface area contributed by atoms with E-state index in [4.69, 9.17) is 9.15 Å². The van der Waals surface area contributed by atoms with Gasteiger partial charge in [0.2, 0.25) is 0 Å². The molecule has 0 fully saturated rings. The molecule has 5 nitrogen and oxygen atoms in total. The van der Waals surface area contributed by atoms with Crippen molar-refractivity contribution >= 4 is 5.82 Å². The van der Waals surface area contributed by atoms with E-state index in [0.29, 0.717) is 6.54 Å². The molecule has 0 aliphatic heterocycles. The second-order valence-electron chi connectivity index (χ2n) is 4.35. The molecule has 0 unspecified atom stereocenters. The van der Waals surface area contributed by atoms with Crippen molar-refractivity contribution in [1.29, 1.82) is 0 Å². The summed E-state index contributed by atoms with van der Waals surface area (Å²) in [5.41, 5.74) is 2.01. The van der Waals surface area contributed by atoms with Gasteiger partial charge in [-0.2, -0.15) is 5.10 Å². The molecule has 2 N–H and O–H groups in total. The van der Waals surface area contributed by atoms with Crippen LogP contribution in [0.1, 0.15) is 5.56 Å². The molecular formula is C15H15N3O2. The van der Waals surface area contributed by atoms with Gasteiger partial charge in [-0.05, 0) is 29.8 Å². The first kappa shape index (κ1) is 12.3. The molecule has 102 valence electrons. The molecule has 0 spiro atoms. The van der Waals surface area contributed by atoms with Gasteiger partial charge in [0.25, 0.3) is 0 Å². The molecule has 2 heterocycles. The topological polar surface area (TPSA) is 63.1 Å². The number of nitrogens with zero attached hydrogens (tertiary/aromatic N) is 1. The number of nitrogens with one attached hydrogen (secondary N) is 2. The lowest BCUT2D eigenvalue weighted by Crippen LogP contribution is -1.99. The Kier molecular flexibility index (Phi) is 3.41.